The molecule has 9 heteroatoms. The van der Waals surface area contributed by atoms with Gasteiger partial charge in [-0.05, 0) is 43.0 Å². The molecule has 0 aliphatic carbocycles. The van der Waals surface area contributed by atoms with Crippen LogP contribution in [0.2, 0.25) is 10.0 Å². The first-order chi connectivity index (χ1) is 14.1. The lowest BCUT2D eigenvalue weighted by Crippen LogP contribution is -2.10. The lowest BCUT2D eigenvalue weighted by molar-refractivity contribution is 0.181. The molecule has 1 aromatic heterocycles. The number of hydrogen-bond acceptors (Lipinski definition) is 6. The zero-order valence-electron chi connectivity index (χ0n) is 15.4. The third-order valence-electron chi connectivity index (χ3n) is 4.34. The van der Waals surface area contributed by atoms with Crippen LogP contribution < -0.4 is 0 Å². The van der Waals surface area contributed by atoms with Gasteiger partial charge in [0.25, 0.3) is 0 Å². The van der Waals surface area contributed by atoms with E-state index in [9.17, 15) is 4.79 Å². The van der Waals surface area contributed by atoms with Crippen LogP contribution in [0.1, 0.15) is 29.7 Å². The van der Waals surface area contributed by atoms with Crippen LogP contribution in [0.15, 0.2) is 47.5 Å². The predicted molar refractivity (Wildman–Crippen MR) is 115 cm³/mol. The fourth-order valence-electron chi connectivity index (χ4n) is 3.12. The number of halogens is 2. The molecule has 3 aromatic rings. The highest BCUT2D eigenvalue weighted by Gasteiger charge is 2.24. The maximum Gasteiger partial charge on any atom is 0.367 e. The molecule has 0 fully saturated rings. The van der Waals surface area contributed by atoms with E-state index in [0.717, 1.165) is 34.3 Å². The Hall–Kier alpha value is -2.35. The van der Waals surface area contributed by atoms with E-state index < -0.39 is 0 Å². The van der Waals surface area contributed by atoms with E-state index >= 15 is 0 Å². The van der Waals surface area contributed by atoms with Crippen LogP contribution in [0, 0.1) is 0 Å². The molecule has 148 valence electrons. The second-order valence-electron chi connectivity index (χ2n) is 6.15. The van der Waals surface area contributed by atoms with Gasteiger partial charge in [-0.1, -0.05) is 41.4 Å². The molecule has 4 rings (SSSR count). The minimum Gasteiger partial charge on any atom is -0.458 e. The molecule has 2 aromatic carbocycles. The third kappa shape index (κ3) is 4.03. The number of carbonyl (C=O) groups is 1. The van der Waals surface area contributed by atoms with E-state index in [1.807, 2.05) is 47.0 Å². The van der Waals surface area contributed by atoms with Crippen molar-refractivity contribution in [3.05, 3.63) is 75.3 Å². The Morgan fingerprint density at radius 2 is 2.00 bits per heavy atom. The first-order valence-electron chi connectivity index (χ1n) is 8.91. The summed E-state index contributed by atoms with van der Waals surface area (Å²) in [6.45, 7) is 2.43. The molecule has 0 saturated carbocycles. The minimum absolute atomic E-state index is 0.323. The van der Waals surface area contributed by atoms with Crippen molar-refractivity contribution in [2.75, 3.05) is 6.61 Å². The van der Waals surface area contributed by atoms with Gasteiger partial charge in [-0.2, -0.15) is 0 Å². The zero-order valence-corrected chi connectivity index (χ0v) is 17.8. The highest BCUT2D eigenvalue weighted by atomic mass is 35.5. The van der Waals surface area contributed by atoms with Crippen molar-refractivity contribution in [1.82, 2.24) is 14.8 Å². The van der Waals surface area contributed by atoms with E-state index in [1.165, 1.54) is 0 Å². The van der Waals surface area contributed by atoms with E-state index in [0.29, 0.717) is 40.6 Å². The van der Waals surface area contributed by atoms with Gasteiger partial charge >= 0.3 is 5.30 Å². The zero-order chi connectivity index (χ0) is 20.4. The number of benzene rings is 2. The molecule has 2 heterocycles. The quantitative estimate of drug-likeness (QED) is 0.507. The molecule has 0 amide bonds. The third-order valence-corrected chi connectivity index (χ3v) is 5.66. The Morgan fingerprint density at radius 3 is 2.79 bits per heavy atom. The van der Waals surface area contributed by atoms with Gasteiger partial charge < -0.3 is 4.74 Å². The second kappa shape index (κ2) is 8.57. The average Bonchev–Trinajstić information content (AvgIpc) is 3.04. The number of aliphatic imine (C=N–C) groups is 1. The summed E-state index contributed by atoms with van der Waals surface area (Å²) in [6.07, 6.45) is 0. The molecule has 0 spiro atoms. The van der Waals surface area contributed by atoms with E-state index in [1.54, 1.807) is 6.92 Å². The number of ether oxygens (including phenoxy) is 1. The topological polar surface area (TPSA) is 69.4 Å². The van der Waals surface area contributed by atoms with Gasteiger partial charge in [-0.25, -0.2) is 4.79 Å². The molecule has 1 aliphatic rings. The highest BCUT2D eigenvalue weighted by molar-refractivity contribution is 8.12. The van der Waals surface area contributed by atoms with E-state index in [-0.39, 0.29) is 5.30 Å². The van der Waals surface area contributed by atoms with Crippen LogP contribution >= 0.6 is 35.0 Å². The molecule has 6 nitrogen and oxygen atoms in total. The van der Waals surface area contributed by atoms with Crippen LogP contribution in [0.3, 0.4) is 0 Å². The number of rotatable bonds is 4. The fraction of sp³-hybridized carbons (Fsp3) is 0.200. The van der Waals surface area contributed by atoms with Crippen LogP contribution in [-0.4, -0.2) is 32.4 Å². The molecule has 0 radical (unpaired) electrons. The molecule has 0 unspecified atom stereocenters. The minimum atomic E-state index is -0.345. The van der Waals surface area contributed by atoms with Gasteiger partial charge in [0.2, 0.25) is 0 Å². The van der Waals surface area contributed by atoms with Crippen molar-refractivity contribution in [3.8, 4) is 5.69 Å². The van der Waals surface area contributed by atoms with Gasteiger partial charge in [-0.15, -0.1) is 10.2 Å². The van der Waals surface area contributed by atoms with Gasteiger partial charge in [0.05, 0.1) is 23.8 Å². The van der Waals surface area contributed by atoms with Crippen LogP contribution in [0.25, 0.3) is 5.69 Å². The number of nitrogens with zero attached hydrogens (tertiary/aromatic N) is 4. The van der Waals surface area contributed by atoms with Crippen molar-refractivity contribution < 1.29 is 9.53 Å². The average molecular weight is 447 g/mol. The molecular formula is C20H16Cl2N4O2S. The number of aromatic nitrogens is 3. The van der Waals surface area contributed by atoms with Gasteiger partial charge in [0, 0.05) is 21.2 Å². The van der Waals surface area contributed by atoms with Crippen molar-refractivity contribution in [3.63, 3.8) is 0 Å². The summed E-state index contributed by atoms with van der Waals surface area (Å²) < 4.78 is 6.92. The predicted octanol–water partition coefficient (Wildman–Crippen LogP) is 5.31. The Balaban J connectivity index is 1.80. The summed E-state index contributed by atoms with van der Waals surface area (Å²) in [5.41, 5.74) is 3.22. The SMILES string of the molecule is CCOC(=O)SCc1nnc2n1-c1ccc(Cl)cc1C(c1ccccc1Cl)=NC2. The van der Waals surface area contributed by atoms with E-state index in [4.69, 9.17) is 32.9 Å². The molecule has 0 bridgehead atoms. The van der Waals surface area contributed by atoms with Gasteiger partial charge in [0.1, 0.15) is 12.4 Å². The van der Waals surface area contributed by atoms with E-state index in [2.05, 4.69) is 10.2 Å². The number of carbonyl (C=O) groups excluding carboxylic acids is 1. The standard InChI is InChI=1S/C20H16Cl2N4O2S/c1-2-28-20(27)29-11-18-25-24-17-10-23-19(13-5-3-4-6-15(13)22)14-9-12(21)7-8-16(14)26(17)18/h3-9H,2,10-11H2,1H3. The van der Waals surface area contributed by atoms with Crippen LogP contribution in [-0.2, 0) is 17.0 Å². The number of hydrogen-bond donors (Lipinski definition) is 0. The smallest absolute Gasteiger partial charge is 0.367 e. The Bertz CT molecular complexity index is 1110. The number of fused-ring (bicyclic) bond motifs is 3. The van der Waals surface area contributed by atoms with Crippen molar-refractivity contribution in [2.45, 2.75) is 19.2 Å². The van der Waals surface area contributed by atoms with Crippen molar-refractivity contribution >= 4 is 46.0 Å². The first-order valence-corrected chi connectivity index (χ1v) is 10.6. The molecule has 0 N–H and O–H groups in total. The molecule has 0 saturated heterocycles. The number of thioether (sulfide) groups is 1. The Labute approximate surface area is 181 Å². The van der Waals surface area contributed by atoms with Gasteiger partial charge in [0.15, 0.2) is 5.82 Å². The Kier molecular flexibility index (Phi) is 5.89. The maximum atomic E-state index is 11.8. The molecule has 1 aliphatic heterocycles. The Morgan fingerprint density at radius 1 is 1.17 bits per heavy atom. The largest absolute Gasteiger partial charge is 0.458 e. The van der Waals surface area contributed by atoms with Crippen molar-refractivity contribution in [1.29, 1.82) is 0 Å². The normalized spacial score (nSPS) is 12.6. The molecule has 0 atom stereocenters. The summed E-state index contributed by atoms with van der Waals surface area (Å²) in [5, 5.41) is 9.40. The lowest BCUT2D eigenvalue weighted by atomic mass is 10.0. The van der Waals surface area contributed by atoms with Crippen LogP contribution in [0.4, 0.5) is 4.79 Å². The van der Waals surface area contributed by atoms with Gasteiger partial charge in [-0.3, -0.25) is 9.56 Å². The summed E-state index contributed by atoms with van der Waals surface area (Å²) in [6, 6.07) is 13.1. The molecule has 29 heavy (non-hydrogen) atoms. The summed E-state index contributed by atoms with van der Waals surface area (Å²) in [5.74, 6) is 1.64. The summed E-state index contributed by atoms with van der Waals surface area (Å²) >= 11 is 13.8. The molecular weight excluding hydrogens is 431 g/mol. The monoisotopic (exact) mass is 446 g/mol. The summed E-state index contributed by atoms with van der Waals surface area (Å²) in [4.78, 5) is 16.5. The lowest BCUT2D eigenvalue weighted by Gasteiger charge is -2.14. The van der Waals surface area contributed by atoms with Crippen molar-refractivity contribution in [2.24, 2.45) is 4.99 Å². The van der Waals surface area contributed by atoms with Crippen LogP contribution in [0.5, 0.6) is 0 Å². The fourth-order valence-corrected chi connectivity index (χ4v) is 4.15. The first kappa shape index (κ1) is 19.9. The second-order valence-corrected chi connectivity index (χ2v) is 7.90. The summed E-state index contributed by atoms with van der Waals surface area (Å²) in [7, 11) is 0. The highest BCUT2D eigenvalue weighted by Crippen LogP contribution is 2.31. The maximum absolute atomic E-state index is 11.8.